The average molecular weight is 324 g/mol. The summed E-state index contributed by atoms with van der Waals surface area (Å²) in [5, 5.41) is 4.23. The van der Waals surface area contributed by atoms with Crippen LogP contribution >= 0.6 is 0 Å². The Hall–Kier alpha value is -2.96. The molecule has 0 fully saturated rings. The quantitative estimate of drug-likeness (QED) is 0.645. The number of hydrogen-bond acceptors (Lipinski definition) is 7. The number of nitrogens with one attached hydrogen (secondary N) is 1. The molecule has 124 valence electrons. The summed E-state index contributed by atoms with van der Waals surface area (Å²) in [6, 6.07) is 7.77. The third-order valence-corrected chi connectivity index (χ3v) is 3.49. The Bertz CT molecular complexity index is 823. The molecule has 3 aromatic rings. The van der Waals surface area contributed by atoms with Crippen molar-refractivity contribution >= 4 is 22.8 Å². The predicted octanol–water partition coefficient (Wildman–Crippen LogP) is 2.79. The van der Waals surface area contributed by atoms with Crippen LogP contribution in [0, 0.1) is 0 Å². The monoisotopic (exact) mass is 324 g/mol. The Morgan fingerprint density at radius 3 is 2.96 bits per heavy atom. The van der Waals surface area contributed by atoms with Gasteiger partial charge in [-0.25, -0.2) is 15.0 Å². The van der Waals surface area contributed by atoms with Gasteiger partial charge in [0.25, 0.3) is 0 Å². The van der Waals surface area contributed by atoms with Crippen molar-refractivity contribution in [1.82, 2.24) is 19.9 Å². The van der Waals surface area contributed by atoms with E-state index in [1.807, 2.05) is 24.3 Å². The minimum absolute atomic E-state index is 0.217. The number of rotatable bonds is 7. The molecule has 7 heteroatoms. The summed E-state index contributed by atoms with van der Waals surface area (Å²) in [6.07, 6.45) is 5.44. The lowest BCUT2D eigenvalue weighted by molar-refractivity contribution is 0.301. The Labute approximate surface area is 140 Å². The van der Waals surface area contributed by atoms with Crippen molar-refractivity contribution in [2.24, 2.45) is 0 Å². The fourth-order valence-electron chi connectivity index (χ4n) is 2.22. The first-order valence-electron chi connectivity index (χ1n) is 7.96. The summed E-state index contributed by atoms with van der Waals surface area (Å²) < 4.78 is 5.82. The lowest BCUT2D eigenvalue weighted by Crippen LogP contribution is -2.09. The van der Waals surface area contributed by atoms with Crippen LogP contribution in [0.25, 0.3) is 11.0 Å². The van der Waals surface area contributed by atoms with Crippen LogP contribution in [0.4, 0.5) is 11.8 Å². The first-order valence-corrected chi connectivity index (χ1v) is 7.96. The molecular formula is C17H20N6O. The number of pyridine rings is 2. The van der Waals surface area contributed by atoms with E-state index < -0.39 is 0 Å². The third kappa shape index (κ3) is 3.87. The fourth-order valence-corrected chi connectivity index (χ4v) is 2.22. The van der Waals surface area contributed by atoms with Gasteiger partial charge in [-0.15, -0.1) is 0 Å². The number of nitrogen functional groups attached to an aromatic ring is 1. The smallest absolute Gasteiger partial charge is 0.222 e. The van der Waals surface area contributed by atoms with E-state index in [0.717, 1.165) is 30.5 Å². The van der Waals surface area contributed by atoms with E-state index in [0.29, 0.717) is 23.8 Å². The highest BCUT2D eigenvalue weighted by atomic mass is 16.5. The van der Waals surface area contributed by atoms with Crippen LogP contribution in [-0.4, -0.2) is 26.5 Å². The maximum Gasteiger partial charge on any atom is 0.222 e. The SMILES string of the molecule is CCCCNc1nc(N)ncc1OCc1ccc2cccnc2n1. The van der Waals surface area contributed by atoms with Crippen molar-refractivity contribution in [2.75, 3.05) is 17.6 Å². The van der Waals surface area contributed by atoms with Gasteiger partial charge in [0.15, 0.2) is 17.2 Å². The highest BCUT2D eigenvalue weighted by Crippen LogP contribution is 2.23. The molecule has 7 nitrogen and oxygen atoms in total. The van der Waals surface area contributed by atoms with Crippen molar-refractivity contribution in [3.63, 3.8) is 0 Å². The van der Waals surface area contributed by atoms with Crippen molar-refractivity contribution in [3.8, 4) is 5.75 Å². The van der Waals surface area contributed by atoms with E-state index in [2.05, 4.69) is 32.2 Å². The van der Waals surface area contributed by atoms with Gasteiger partial charge in [-0.1, -0.05) is 13.3 Å². The van der Waals surface area contributed by atoms with Crippen LogP contribution in [0.1, 0.15) is 25.5 Å². The summed E-state index contributed by atoms with van der Waals surface area (Å²) in [5.41, 5.74) is 7.15. The molecule has 3 rings (SSSR count). The molecule has 0 amide bonds. The Morgan fingerprint density at radius 2 is 2.08 bits per heavy atom. The van der Waals surface area contributed by atoms with Crippen LogP contribution in [0.3, 0.4) is 0 Å². The maximum absolute atomic E-state index is 5.82. The maximum atomic E-state index is 5.82. The van der Waals surface area contributed by atoms with Gasteiger partial charge in [-0.2, -0.15) is 4.98 Å². The normalized spacial score (nSPS) is 10.7. The molecule has 3 heterocycles. The van der Waals surface area contributed by atoms with E-state index in [-0.39, 0.29) is 5.95 Å². The van der Waals surface area contributed by atoms with Crippen LogP contribution < -0.4 is 15.8 Å². The third-order valence-electron chi connectivity index (χ3n) is 3.49. The van der Waals surface area contributed by atoms with Crippen molar-refractivity contribution in [2.45, 2.75) is 26.4 Å². The molecule has 3 aromatic heterocycles. The molecule has 0 unspecified atom stereocenters. The van der Waals surface area contributed by atoms with E-state index in [1.54, 1.807) is 12.4 Å². The standard InChI is InChI=1S/C17H20N6O/c1-2-3-8-20-16-14(10-21-17(18)23-16)24-11-13-7-6-12-5-4-9-19-15(12)22-13/h4-7,9-10H,2-3,8,11H2,1H3,(H3,18,20,21,23). The first kappa shape index (κ1) is 15.9. The minimum atomic E-state index is 0.217. The Morgan fingerprint density at radius 1 is 1.17 bits per heavy atom. The van der Waals surface area contributed by atoms with E-state index in [1.165, 1.54) is 0 Å². The molecule has 0 spiro atoms. The molecule has 0 aliphatic heterocycles. The molecule has 3 N–H and O–H groups in total. The molecule has 0 aliphatic carbocycles. The minimum Gasteiger partial charge on any atom is -0.482 e. The van der Waals surface area contributed by atoms with E-state index >= 15 is 0 Å². The Kier molecular flexibility index (Phi) is 5.00. The summed E-state index contributed by atoms with van der Waals surface area (Å²) in [5.74, 6) is 1.38. The zero-order valence-corrected chi connectivity index (χ0v) is 13.6. The number of nitrogens with two attached hydrogens (primary N) is 1. The molecule has 0 aliphatic rings. The lowest BCUT2D eigenvalue weighted by atomic mass is 10.2. The topological polar surface area (TPSA) is 98.8 Å². The number of anilines is 2. The lowest BCUT2D eigenvalue weighted by Gasteiger charge is -2.12. The second-order valence-corrected chi connectivity index (χ2v) is 5.36. The van der Waals surface area contributed by atoms with Crippen LogP contribution in [-0.2, 0) is 6.61 Å². The summed E-state index contributed by atoms with van der Waals surface area (Å²) >= 11 is 0. The van der Waals surface area contributed by atoms with E-state index in [9.17, 15) is 0 Å². The Balaban J connectivity index is 1.72. The molecule has 0 atom stereocenters. The average Bonchev–Trinajstić information content (AvgIpc) is 2.61. The predicted molar refractivity (Wildman–Crippen MR) is 93.7 cm³/mol. The van der Waals surface area contributed by atoms with Crippen molar-refractivity contribution in [1.29, 1.82) is 0 Å². The van der Waals surface area contributed by atoms with Gasteiger partial charge in [0.2, 0.25) is 5.95 Å². The highest BCUT2D eigenvalue weighted by molar-refractivity contribution is 5.74. The fraction of sp³-hybridized carbons (Fsp3) is 0.294. The summed E-state index contributed by atoms with van der Waals surface area (Å²) in [6.45, 7) is 3.25. The second-order valence-electron chi connectivity index (χ2n) is 5.36. The first-order chi connectivity index (χ1) is 11.8. The summed E-state index contributed by atoms with van der Waals surface area (Å²) in [7, 11) is 0. The van der Waals surface area contributed by atoms with Gasteiger partial charge in [0, 0.05) is 18.1 Å². The van der Waals surface area contributed by atoms with Gasteiger partial charge >= 0.3 is 0 Å². The number of hydrogen-bond donors (Lipinski definition) is 2. The van der Waals surface area contributed by atoms with Crippen LogP contribution in [0.2, 0.25) is 0 Å². The van der Waals surface area contributed by atoms with Gasteiger partial charge in [0.1, 0.15) is 6.61 Å². The largest absolute Gasteiger partial charge is 0.482 e. The second kappa shape index (κ2) is 7.54. The highest BCUT2D eigenvalue weighted by Gasteiger charge is 2.08. The van der Waals surface area contributed by atoms with Crippen LogP contribution in [0.15, 0.2) is 36.7 Å². The zero-order chi connectivity index (χ0) is 16.8. The molecule has 0 aromatic carbocycles. The number of nitrogens with zero attached hydrogens (tertiary/aromatic N) is 4. The summed E-state index contributed by atoms with van der Waals surface area (Å²) in [4.78, 5) is 17.0. The van der Waals surface area contributed by atoms with Gasteiger partial charge in [-0.3, -0.25) is 0 Å². The molecule has 0 radical (unpaired) electrons. The van der Waals surface area contributed by atoms with Crippen LogP contribution in [0.5, 0.6) is 5.75 Å². The molecular weight excluding hydrogens is 304 g/mol. The van der Waals surface area contributed by atoms with Gasteiger partial charge in [-0.05, 0) is 30.7 Å². The number of unbranched alkanes of at least 4 members (excludes halogenated alkanes) is 1. The zero-order valence-electron chi connectivity index (χ0n) is 13.6. The molecule has 0 saturated heterocycles. The molecule has 0 bridgehead atoms. The molecule has 24 heavy (non-hydrogen) atoms. The van der Waals surface area contributed by atoms with Crippen molar-refractivity contribution in [3.05, 3.63) is 42.4 Å². The number of fused-ring (bicyclic) bond motifs is 1. The van der Waals surface area contributed by atoms with E-state index in [4.69, 9.17) is 10.5 Å². The number of aromatic nitrogens is 4. The molecule has 0 saturated carbocycles. The van der Waals surface area contributed by atoms with Gasteiger partial charge < -0.3 is 15.8 Å². The van der Waals surface area contributed by atoms with Crippen molar-refractivity contribution < 1.29 is 4.74 Å². The number of ether oxygens (including phenoxy) is 1. The van der Waals surface area contributed by atoms with Gasteiger partial charge in [0.05, 0.1) is 11.9 Å².